The highest BCUT2D eigenvalue weighted by Crippen LogP contribution is 2.40. The molecule has 0 unspecified atom stereocenters. The molecule has 0 N–H and O–H groups in total. The third-order valence-corrected chi connectivity index (χ3v) is 11.1. The smallest absolute Gasteiger partial charge is 0.0468 e. The summed E-state index contributed by atoms with van der Waals surface area (Å²) in [5.74, 6) is 0. The fraction of sp³-hybridized carbons (Fsp3) is 0. The van der Waals surface area contributed by atoms with Crippen molar-refractivity contribution >= 4 is 38.6 Å². The van der Waals surface area contributed by atoms with Gasteiger partial charge in [0.2, 0.25) is 0 Å². The molecule has 10 aromatic carbocycles. The first-order chi connectivity index (χ1) is 28.2. The molecule has 0 aromatic heterocycles. The lowest BCUT2D eigenvalue weighted by Crippen LogP contribution is -2.09. The maximum absolute atomic E-state index is 2.36. The van der Waals surface area contributed by atoms with E-state index in [0.717, 1.165) is 17.1 Å². The standard InChI is InChI=1S/C56H39N/c1-3-13-44(14-4-1)55-37-31-49(39-56(55)46-15-5-2-6-16-46)43-28-34-51(35-29-43)57(52-36-30-40-12-7-8-18-48(40)38-52)50-32-26-42(27-33-50)41-22-24-47(25-23-41)54-21-11-19-45-17-9-10-20-53(45)54/h1-39H. The highest BCUT2D eigenvalue weighted by Gasteiger charge is 2.15. The molecule has 10 rings (SSSR count). The van der Waals surface area contributed by atoms with Crippen LogP contribution in [0.5, 0.6) is 0 Å². The monoisotopic (exact) mass is 725 g/mol. The van der Waals surface area contributed by atoms with E-state index in [-0.39, 0.29) is 0 Å². The van der Waals surface area contributed by atoms with Crippen molar-refractivity contribution in [1.82, 2.24) is 0 Å². The molecule has 0 bridgehead atoms. The van der Waals surface area contributed by atoms with Gasteiger partial charge in [-0.3, -0.25) is 0 Å². The maximum Gasteiger partial charge on any atom is 0.0468 e. The van der Waals surface area contributed by atoms with Crippen molar-refractivity contribution in [3.8, 4) is 55.6 Å². The third kappa shape index (κ3) is 6.77. The van der Waals surface area contributed by atoms with Gasteiger partial charge in [0.1, 0.15) is 0 Å². The lowest BCUT2D eigenvalue weighted by molar-refractivity contribution is 1.29. The van der Waals surface area contributed by atoms with Crippen LogP contribution in [0, 0.1) is 0 Å². The molecular weight excluding hydrogens is 687 g/mol. The van der Waals surface area contributed by atoms with E-state index in [9.17, 15) is 0 Å². The minimum atomic E-state index is 1.10. The zero-order chi connectivity index (χ0) is 38.0. The number of rotatable bonds is 8. The number of anilines is 3. The molecule has 0 saturated carbocycles. The molecule has 0 atom stereocenters. The van der Waals surface area contributed by atoms with Gasteiger partial charge in [0.15, 0.2) is 0 Å². The van der Waals surface area contributed by atoms with Crippen LogP contribution in [0.3, 0.4) is 0 Å². The predicted octanol–water partition coefficient (Wildman–Crippen LogP) is 15.8. The summed E-state index contributed by atoms with van der Waals surface area (Å²) < 4.78 is 0. The van der Waals surface area contributed by atoms with E-state index in [1.54, 1.807) is 0 Å². The Morgan fingerprint density at radius 2 is 0.667 bits per heavy atom. The minimum Gasteiger partial charge on any atom is -0.310 e. The highest BCUT2D eigenvalue weighted by molar-refractivity contribution is 5.97. The van der Waals surface area contributed by atoms with Crippen LogP contribution in [0.15, 0.2) is 237 Å². The summed E-state index contributed by atoms with van der Waals surface area (Å²) in [6.45, 7) is 0. The van der Waals surface area contributed by atoms with Crippen molar-refractivity contribution in [2.75, 3.05) is 4.90 Å². The van der Waals surface area contributed by atoms with E-state index in [0.29, 0.717) is 0 Å². The van der Waals surface area contributed by atoms with E-state index < -0.39 is 0 Å². The first-order valence-corrected chi connectivity index (χ1v) is 19.6. The van der Waals surface area contributed by atoms with Gasteiger partial charge in [0.05, 0.1) is 0 Å². The molecule has 0 aliphatic rings. The Labute approximate surface area is 334 Å². The molecule has 268 valence electrons. The van der Waals surface area contributed by atoms with E-state index in [4.69, 9.17) is 0 Å². The topological polar surface area (TPSA) is 3.24 Å². The molecule has 0 heterocycles. The molecule has 0 fully saturated rings. The summed E-state index contributed by atoms with van der Waals surface area (Å²) in [5, 5.41) is 4.98. The fourth-order valence-corrected chi connectivity index (χ4v) is 8.14. The number of nitrogens with zero attached hydrogens (tertiary/aromatic N) is 1. The summed E-state index contributed by atoms with van der Waals surface area (Å²) >= 11 is 0. The summed E-state index contributed by atoms with van der Waals surface area (Å²) in [7, 11) is 0. The molecule has 1 nitrogen and oxygen atoms in total. The normalized spacial score (nSPS) is 11.2. The second-order valence-corrected chi connectivity index (χ2v) is 14.6. The van der Waals surface area contributed by atoms with Gasteiger partial charge in [-0.25, -0.2) is 0 Å². The summed E-state index contributed by atoms with van der Waals surface area (Å²) in [4.78, 5) is 2.36. The Bertz CT molecular complexity index is 2960. The summed E-state index contributed by atoms with van der Waals surface area (Å²) in [6, 6.07) is 85.6. The lowest BCUT2D eigenvalue weighted by atomic mass is 9.91. The Hall–Kier alpha value is -7.48. The second kappa shape index (κ2) is 15.0. The van der Waals surface area contributed by atoms with Crippen molar-refractivity contribution in [3.63, 3.8) is 0 Å². The summed E-state index contributed by atoms with van der Waals surface area (Å²) in [6.07, 6.45) is 0. The molecule has 0 aliphatic carbocycles. The first-order valence-electron chi connectivity index (χ1n) is 19.6. The largest absolute Gasteiger partial charge is 0.310 e. The fourth-order valence-electron chi connectivity index (χ4n) is 8.14. The first kappa shape index (κ1) is 34.0. The van der Waals surface area contributed by atoms with Gasteiger partial charge < -0.3 is 4.90 Å². The van der Waals surface area contributed by atoms with Crippen LogP contribution >= 0.6 is 0 Å². The van der Waals surface area contributed by atoms with Gasteiger partial charge >= 0.3 is 0 Å². The van der Waals surface area contributed by atoms with Crippen molar-refractivity contribution in [2.24, 2.45) is 0 Å². The zero-order valence-electron chi connectivity index (χ0n) is 31.5. The Balaban J connectivity index is 0.995. The van der Waals surface area contributed by atoms with Crippen LogP contribution in [0.1, 0.15) is 0 Å². The van der Waals surface area contributed by atoms with Gasteiger partial charge in [-0.1, -0.05) is 194 Å². The van der Waals surface area contributed by atoms with Gasteiger partial charge in [0, 0.05) is 17.1 Å². The molecule has 0 saturated heterocycles. The third-order valence-electron chi connectivity index (χ3n) is 11.1. The quantitative estimate of drug-likeness (QED) is 0.151. The van der Waals surface area contributed by atoms with Crippen LogP contribution in [-0.4, -0.2) is 0 Å². The van der Waals surface area contributed by atoms with Crippen LogP contribution in [0.25, 0.3) is 77.2 Å². The molecule has 10 aromatic rings. The second-order valence-electron chi connectivity index (χ2n) is 14.6. The highest BCUT2D eigenvalue weighted by atomic mass is 15.1. The van der Waals surface area contributed by atoms with Gasteiger partial charge in [-0.05, 0) is 120 Å². The molecule has 0 amide bonds. The lowest BCUT2D eigenvalue weighted by Gasteiger charge is -2.26. The number of fused-ring (bicyclic) bond motifs is 2. The van der Waals surface area contributed by atoms with Crippen LogP contribution in [-0.2, 0) is 0 Å². The zero-order valence-corrected chi connectivity index (χ0v) is 31.5. The average Bonchev–Trinajstić information content (AvgIpc) is 3.30. The molecule has 0 spiro atoms. The number of hydrogen-bond donors (Lipinski definition) is 0. The maximum atomic E-state index is 2.36. The minimum absolute atomic E-state index is 1.10. The predicted molar refractivity (Wildman–Crippen MR) is 243 cm³/mol. The van der Waals surface area contributed by atoms with E-state index in [1.807, 2.05) is 0 Å². The molecule has 1 heteroatoms. The Kier molecular flexibility index (Phi) is 8.95. The number of benzene rings is 10. The van der Waals surface area contributed by atoms with Gasteiger partial charge in [-0.2, -0.15) is 0 Å². The Morgan fingerprint density at radius 3 is 1.33 bits per heavy atom. The van der Waals surface area contributed by atoms with Crippen molar-refractivity contribution < 1.29 is 0 Å². The van der Waals surface area contributed by atoms with Crippen LogP contribution in [0.4, 0.5) is 17.1 Å². The van der Waals surface area contributed by atoms with Crippen LogP contribution < -0.4 is 4.90 Å². The molecule has 57 heavy (non-hydrogen) atoms. The van der Waals surface area contributed by atoms with E-state index in [2.05, 4.69) is 241 Å². The van der Waals surface area contributed by atoms with Crippen molar-refractivity contribution in [1.29, 1.82) is 0 Å². The summed E-state index contributed by atoms with van der Waals surface area (Å²) in [5.41, 5.74) is 15.4. The van der Waals surface area contributed by atoms with Gasteiger partial charge in [0.25, 0.3) is 0 Å². The van der Waals surface area contributed by atoms with Crippen LogP contribution in [0.2, 0.25) is 0 Å². The van der Waals surface area contributed by atoms with Crippen molar-refractivity contribution in [3.05, 3.63) is 237 Å². The van der Waals surface area contributed by atoms with E-state index >= 15 is 0 Å². The molecule has 0 radical (unpaired) electrons. The van der Waals surface area contributed by atoms with Gasteiger partial charge in [-0.15, -0.1) is 0 Å². The average molecular weight is 726 g/mol. The van der Waals surface area contributed by atoms with E-state index in [1.165, 1.54) is 77.2 Å². The molecule has 0 aliphatic heterocycles. The SMILES string of the molecule is c1ccc(-c2ccc(-c3ccc(N(c4ccc(-c5ccc(-c6cccc7ccccc67)cc5)cc4)c4ccc5ccccc5c4)cc3)cc2-c2ccccc2)cc1. The van der Waals surface area contributed by atoms with Crippen molar-refractivity contribution in [2.45, 2.75) is 0 Å². The molecular formula is C56H39N. The Morgan fingerprint density at radius 1 is 0.211 bits per heavy atom. The number of hydrogen-bond acceptors (Lipinski definition) is 1.